The Morgan fingerprint density at radius 1 is 1.06 bits per heavy atom. The number of halogens is 1. The smallest absolute Gasteiger partial charge is 0.165 e. The van der Waals surface area contributed by atoms with Gasteiger partial charge in [-0.1, -0.05) is 40.5 Å². The van der Waals surface area contributed by atoms with Crippen molar-refractivity contribution in [2.45, 2.75) is 19.3 Å². The molecule has 1 aliphatic rings. The standard InChI is InChI=1S/C15H13BrO/c16-14-7-6-11-8-13(5-4-12(11)9-14)15(17)10-2-1-3-10/h4-10H,1-3H2. The Labute approximate surface area is 109 Å². The third-order valence-corrected chi connectivity index (χ3v) is 4.06. The highest BCUT2D eigenvalue weighted by atomic mass is 79.9. The number of hydrogen-bond acceptors (Lipinski definition) is 1. The van der Waals surface area contributed by atoms with Gasteiger partial charge in [0.2, 0.25) is 0 Å². The highest BCUT2D eigenvalue weighted by molar-refractivity contribution is 9.10. The second-order valence-corrected chi connectivity index (χ2v) is 5.61. The number of carbonyl (C=O) groups is 1. The van der Waals surface area contributed by atoms with E-state index in [0.717, 1.165) is 28.3 Å². The molecule has 1 aliphatic carbocycles. The molecule has 2 aromatic rings. The summed E-state index contributed by atoms with van der Waals surface area (Å²) in [5.74, 6) is 0.601. The molecule has 0 atom stereocenters. The fraction of sp³-hybridized carbons (Fsp3) is 0.267. The maximum atomic E-state index is 12.1. The van der Waals surface area contributed by atoms with E-state index in [1.54, 1.807) is 0 Å². The van der Waals surface area contributed by atoms with Crippen LogP contribution in [0.1, 0.15) is 29.6 Å². The van der Waals surface area contributed by atoms with Gasteiger partial charge in [0.1, 0.15) is 0 Å². The molecule has 0 saturated heterocycles. The molecule has 0 bridgehead atoms. The lowest BCUT2D eigenvalue weighted by atomic mass is 9.80. The van der Waals surface area contributed by atoms with Crippen LogP contribution in [0.4, 0.5) is 0 Å². The van der Waals surface area contributed by atoms with Gasteiger partial charge in [-0.05, 0) is 41.8 Å². The van der Waals surface area contributed by atoms with Gasteiger partial charge in [0.05, 0.1) is 0 Å². The molecule has 2 aromatic carbocycles. The Morgan fingerprint density at radius 3 is 2.47 bits per heavy atom. The summed E-state index contributed by atoms with van der Waals surface area (Å²) >= 11 is 3.46. The number of Topliss-reactive ketones (excluding diaryl/α,β-unsaturated/α-hetero) is 1. The first kappa shape index (κ1) is 11.0. The molecule has 0 radical (unpaired) electrons. The molecular weight excluding hydrogens is 276 g/mol. The van der Waals surface area contributed by atoms with Crippen molar-refractivity contribution in [3.8, 4) is 0 Å². The predicted molar refractivity (Wildman–Crippen MR) is 73.3 cm³/mol. The molecule has 2 heteroatoms. The summed E-state index contributed by atoms with van der Waals surface area (Å²) in [7, 11) is 0. The average Bonchev–Trinajstić information content (AvgIpc) is 2.26. The van der Waals surface area contributed by atoms with Crippen LogP contribution in [-0.2, 0) is 0 Å². The predicted octanol–water partition coefficient (Wildman–Crippen LogP) is 4.59. The third kappa shape index (κ3) is 2.02. The number of hydrogen-bond donors (Lipinski definition) is 0. The molecule has 0 aromatic heterocycles. The van der Waals surface area contributed by atoms with Crippen molar-refractivity contribution in [1.29, 1.82) is 0 Å². The van der Waals surface area contributed by atoms with Gasteiger partial charge in [-0.15, -0.1) is 0 Å². The van der Waals surface area contributed by atoms with Crippen LogP contribution in [0.25, 0.3) is 10.8 Å². The Balaban J connectivity index is 2.01. The number of rotatable bonds is 2. The van der Waals surface area contributed by atoms with Gasteiger partial charge >= 0.3 is 0 Å². The van der Waals surface area contributed by atoms with Crippen LogP contribution in [-0.4, -0.2) is 5.78 Å². The summed E-state index contributed by atoms with van der Waals surface area (Å²) in [6.45, 7) is 0. The van der Waals surface area contributed by atoms with Crippen molar-refractivity contribution < 1.29 is 4.79 Å². The van der Waals surface area contributed by atoms with Gasteiger partial charge in [-0.3, -0.25) is 4.79 Å². The lowest BCUT2D eigenvalue weighted by Crippen LogP contribution is -2.21. The minimum absolute atomic E-state index is 0.280. The fourth-order valence-electron chi connectivity index (χ4n) is 2.28. The summed E-state index contributed by atoms with van der Waals surface area (Å²) in [4.78, 5) is 12.1. The molecule has 0 aliphatic heterocycles. The quantitative estimate of drug-likeness (QED) is 0.739. The largest absolute Gasteiger partial charge is 0.294 e. The Kier molecular flexibility index (Phi) is 2.75. The van der Waals surface area contributed by atoms with Crippen molar-refractivity contribution in [3.05, 3.63) is 46.4 Å². The van der Waals surface area contributed by atoms with E-state index in [1.807, 2.05) is 24.3 Å². The maximum absolute atomic E-state index is 12.1. The van der Waals surface area contributed by atoms with E-state index in [-0.39, 0.29) is 5.92 Å². The number of ketones is 1. The maximum Gasteiger partial charge on any atom is 0.165 e. The summed E-state index contributed by atoms with van der Waals surface area (Å²) < 4.78 is 1.07. The van der Waals surface area contributed by atoms with E-state index in [4.69, 9.17) is 0 Å². The van der Waals surface area contributed by atoms with Gasteiger partial charge < -0.3 is 0 Å². The molecule has 86 valence electrons. The minimum Gasteiger partial charge on any atom is -0.294 e. The Morgan fingerprint density at radius 2 is 1.76 bits per heavy atom. The third-order valence-electron chi connectivity index (χ3n) is 3.56. The first-order valence-corrected chi connectivity index (χ1v) is 6.77. The van der Waals surface area contributed by atoms with Gasteiger partial charge in [0.25, 0.3) is 0 Å². The Bertz CT molecular complexity index is 584. The van der Waals surface area contributed by atoms with E-state index < -0.39 is 0 Å². The summed E-state index contributed by atoms with van der Waals surface area (Å²) in [5.41, 5.74) is 0.865. The van der Waals surface area contributed by atoms with Crippen LogP contribution < -0.4 is 0 Å². The van der Waals surface area contributed by atoms with Crippen molar-refractivity contribution in [1.82, 2.24) is 0 Å². The number of carbonyl (C=O) groups excluding carboxylic acids is 1. The van der Waals surface area contributed by atoms with Crippen LogP contribution in [0.3, 0.4) is 0 Å². The molecule has 0 heterocycles. The summed E-state index contributed by atoms with van der Waals surface area (Å²) in [6.07, 6.45) is 3.34. The zero-order valence-electron chi connectivity index (χ0n) is 9.45. The molecule has 1 nitrogen and oxygen atoms in total. The molecule has 0 N–H and O–H groups in total. The van der Waals surface area contributed by atoms with Gasteiger partial charge in [0, 0.05) is 16.0 Å². The first-order chi connectivity index (χ1) is 8.24. The van der Waals surface area contributed by atoms with Gasteiger partial charge in [-0.2, -0.15) is 0 Å². The zero-order valence-corrected chi connectivity index (χ0v) is 11.0. The highest BCUT2D eigenvalue weighted by Crippen LogP contribution is 2.31. The number of fused-ring (bicyclic) bond motifs is 1. The fourth-order valence-corrected chi connectivity index (χ4v) is 2.65. The monoisotopic (exact) mass is 288 g/mol. The normalized spacial score (nSPS) is 15.8. The first-order valence-electron chi connectivity index (χ1n) is 5.97. The molecule has 0 unspecified atom stereocenters. The summed E-state index contributed by atoms with van der Waals surface area (Å²) in [5, 5.41) is 2.31. The molecule has 0 spiro atoms. The second kappa shape index (κ2) is 4.26. The highest BCUT2D eigenvalue weighted by Gasteiger charge is 2.26. The van der Waals surface area contributed by atoms with Crippen molar-refractivity contribution >= 4 is 32.5 Å². The molecule has 0 amide bonds. The van der Waals surface area contributed by atoms with Crippen LogP contribution >= 0.6 is 15.9 Å². The zero-order chi connectivity index (χ0) is 11.8. The second-order valence-electron chi connectivity index (χ2n) is 4.70. The molecule has 17 heavy (non-hydrogen) atoms. The lowest BCUT2D eigenvalue weighted by Gasteiger charge is -2.23. The van der Waals surface area contributed by atoms with E-state index in [1.165, 1.54) is 11.8 Å². The van der Waals surface area contributed by atoms with E-state index in [9.17, 15) is 4.79 Å². The molecular formula is C15H13BrO. The Hall–Kier alpha value is -1.15. The van der Waals surface area contributed by atoms with Crippen LogP contribution in [0.15, 0.2) is 40.9 Å². The van der Waals surface area contributed by atoms with E-state index in [0.29, 0.717) is 5.78 Å². The van der Waals surface area contributed by atoms with Crippen molar-refractivity contribution in [3.63, 3.8) is 0 Å². The van der Waals surface area contributed by atoms with E-state index >= 15 is 0 Å². The minimum atomic E-state index is 0.280. The summed E-state index contributed by atoms with van der Waals surface area (Å²) in [6, 6.07) is 12.1. The van der Waals surface area contributed by atoms with Crippen LogP contribution in [0.5, 0.6) is 0 Å². The molecule has 3 rings (SSSR count). The lowest BCUT2D eigenvalue weighted by molar-refractivity contribution is 0.0855. The van der Waals surface area contributed by atoms with E-state index in [2.05, 4.69) is 28.1 Å². The average molecular weight is 289 g/mol. The van der Waals surface area contributed by atoms with Gasteiger partial charge in [-0.25, -0.2) is 0 Å². The van der Waals surface area contributed by atoms with Crippen LogP contribution in [0, 0.1) is 5.92 Å². The van der Waals surface area contributed by atoms with Crippen molar-refractivity contribution in [2.75, 3.05) is 0 Å². The topological polar surface area (TPSA) is 17.1 Å². The van der Waals surface area contributed by atoms with Crippen LogP contribution in [0.2, 0.25) is 0 Å². The SMILES string of the molecule is O=C(c1ccc2cc(Br)ccc2c1)C1CCC1. The van der Waals surface area contributed by atoms with Crippen molar-refractivity contribution in [2.24, 2.45) is 5.92 Å². The number of benzene rings is 2. The molecule has 1 fully saturated rings. The van der Waals surface area contributed by atoms with Gasteiger partial charge in [0.15, 0.2) is 5.78 Å². The molecule has 1 saturated carbocycles.